The highest BCUT2D eigenvalue weighted by Gasteiger charge is 2.14. The number of thiophene rings is 1. The smallest absolute Gasteiger partial charge is 0.224 e. The number of nitrogens with one attached hydrogen (secondary N) is 1. The molecule has 1 aromatic heterocycles. The number of benzene rings is 1. The van der Waals surface area contributed by atoms with Crippen molar-refractivity contribution in [2.24, 2.45) is 0 Å². The van der Waals surface area contributed by atoms with Crippen molar-refractivity contribution in [1.29, 1.82) is 0 Å². The van der Waals surface area contributed by atoms with Crippen LogP contribution in [0.25, 0.3) is 0 Å². The molecule has 20 heavy (non-hydrogen) atoms. The summed E-state index contributed by atoms with van der Waals surface area (Å²) in [4.78, 5) is 14.3. The van der Waals surface area contributed by atoms with E-state index in [1.54, 1.807) is 11.3 Å². The Balaban J connectivity index is 1.96. The Hall–Kier alpha value is -1.26. The lowest BCUT2D eigenvalue weighted by Crippen LogP contribution is -2.29. The number of thiol groups is 1. The fourth-order valence-corrected chi connectivity index (χ4v) is 3.07. The minimum absolute atomic E-state index is 0.0729. The maximum Gasteiger partial charge on any atom is 0.224 e. The van der Waals surface area contributed by atoms with Gasteiger partial charge in [-0.05, 0) is 35.6 Å². The number of hydrogen-bond donors (Lipinski definition) is 2. The Morgan fingerprint density at radius 1 is 1.30 bits per heavy atom. The summed E-state index contributed by atoms with van der Waals surface area (Å²) in [6.07, 6.45) is 2.44. The highest BCUT2D eigenvalue weighted by atomic mass is 32.1. The zero-order valence-corrected chi connectivity index (χ0v) is 13.2. The van der Waals surface area contributed by atoms with Crippen LogP contribution in [0.3, 0.4) is 0 Å². The molecule has 0 bridgehead atoms. The molecule has 1 atom stereocenters. The summed E-state index contributed by atoms with van der Waals surface area (Å²) >= 11 is 5.94. The van der Waals surface area contributed by atoms with Crippen LogP contribution in [0, 0.1) is 0 Å². The Morgan fingerprint density at radius 2 is 2.05 bits per heavy atom. The first-order chi connectivity index (χ1) is 9.69. The van der Waals surface area contributed by atoms with Gasteiger partial charge in [0.05, 0.1) is 12.5 Å². The van der Waals surface area contributed by atoms with Crippen LogP contribution in [-0.4, -0.2) is 5.91 Å². The third kappa shape index (κ3) is 4.39. The first-order valence-corrected chi connectivity index (χ1v) is 8.12. The summed E-state index contributed by atoms with van der Waals surface area (Å²) < 4.78 is 0. The Kier molecular flexibility index (Phi) is 5.68. The van der Waals surface area contributed by atoms with Gasteiger partial charge in [-0.1, -0.05) is 31.5 Å². The molecular weight excluding hydrogens is 286 g/mol. The second kappa shape index (κ2) is 7.50. The third-order valence-electron chi connectivity index (χ3n) is 3.10. The minimum Gasteiger partial charge on any atom is -0.348 e. The highest BCUT2D eigenvalue weighted by molar-refractivity contribution is 7.80. The van der Waals surface area contributed by atoms with Gasteiger partial charge in [0.15, 0.2) is 0 Å². The molecule has 2 nitrogen and oxygen atoms in total. The van der Waals surface area contributed by atoms with E-state index in [2.05, 4.69) is 36.3 Å². The molecule has 0 aliphatic rings. The Morgan fingerprint density at radius 3 is 2.65 bits per heavy atom. The summed E-state index contributed by atoms with van der Waals surface area (Å²) in [6.45, 7) is 2.14. The lowest BCUT2D eigenvalue weighted by molar-refractivity contribution is -0.121. The molecule has 2 rings (SSSR count). The van der Waals surface area contributed by atoms with Gasteiger partial charge >= 0.3 is 0 Å². The summed E-state index contributed by atoms with van der Waals surface area (Å²) in [7, 11) is 0. The first-order valence-electron chi connectivity index (χ1n) is 6.79. The Labute approximate surface area is 129 Å². The molecule has 0 saturated carbocycles. The van der Waals surface area contributed by atoms with Gasteiger partial charge in [0.2, 0.25) is 5.91 Å². The topological polar surface area (TPSA) is 29.1 Å². The van der Waals surface area contributed by atoms with Crippen LogP contribution in [0.1, 0.15) is 36.2 Å². The summed E-state index contributed by atoms with van der Waals surface area (Å²) in [6, 6.07) is 12.0. The predicted molar refractivity (Wildman–Crippen MR) is 87.5 cm³/mol. The molecule has 0 spiro atoms. The molecule has 0 saturated heterocycles. The van der Waals surface area contributed by atoms with Gasteiger partial charge in [0.25, 0.3) is 0 Å². The largest absolute Gasteiger partial charge is 0.348 e. The van der Waals surface area contributed by atoms with Crippen LogP contribution >= 0.6 is 24.0 Å². The molecule has 0 fully saturated rings. The fraction of sp³-hybridized carbons (Fsp3) is 0.312. The van der Waals surface area contributed by atoms with Crippen LogP contribution in [0.2, 0.25) is 0 Å². The maximum atomic E-state index is 12.2. The van der Waals surface area contributed by atoms with Crippen molar-refractivity contribution in [2.75, 3.05) is 0 Å². The SMILES string of the molecule is CCCC(NC(=O)Cc1ccc(S)cc1)c1cccs1. The number of hydrogen-bond acceptors (Lipinski definition) is 3. The third-order valence-corrected chi connectivity index (χ3v) is 4.38. The fourth-order valence-electron chi connectivity index (χ4n) is 2.11. The normalized spacial score (nSPS) is 12.1. The van der Waals surface area contributed by atoms with Crippen molar-refractivity contribution in [3.8, 4) is 0 Å². The van der Waals surface area contributed by atoms with E-state index < -0.39 is 0 Å². The van der Waals surface area contributed by atoms with Crippen LogP contribution < -0.4 is 5.32 Å². The van der Waals surface area contributed by atoms with Crippen molar-refractivity contribution in [1.82, 2.24) is 5.32 Å². The van der Waals surface area contributed by atoms with Crippen molar-refractivity contribution in [3.05, 3.63) is 52.2 Å². The van der Waals surface area contributed by atoms with Crippen molar-refractivity contribution >= 4 is 29.9 Å². The average molecular weight is 305 g/mol. The molecule has 1 aromatic carbocycles. The molecule has 0 aliphatic carbocycles. The molecule has 1 unspecified atom stereocenters. The zero-order valence-electron chi connectivity index (χ0n) is 11.5. The first kappa shape index (κ1) is 15.1. The zero-order chi connectivity index (χ0) is 14.4. The van der Waals surface area contributed by atoms with Crippen LogP contribution in [0.5, 0.6) is 0 Å². The van der Waals surface area contributed by atoms with Crippen LogP contribution in [-0.2, 0) is 11.2 Å². The number of rotatable bonds is 6. The van der Waals surface area contributed by atoms with Gasteiger partial charge < -0.3 is 5.32 Å². The van der Waals surface area contributed by atoms with E-state index in [0.29, 0.717) is 6.42 Å². The molecule has 1 amide bonds. The van der Waals surface area contributed by atoms with E-state index in [9.17, 15) is 4.79 Å². The van der Waals surface area contributed by atoms with E-state index in [0.717, 1.165) is 23.3 Å². The highest BCUT2D eigenvalue weighted by Crippen LogP contribution is 2.23. The maximum absolute atomic E-state index is 12.2. The van der Waals surface area contributed by atoms with E-state index in [4.69, 9.17) is 0 Å². The molecule has 0 aliphatic heterocycles. The van der Waals surface area contributed by atoms with Crippen molar-refractivity contribution in [3.63, 3.8) is 0 Å². The quantitative estimate of drug-likeness (QED) is 0.768. The molecule has 106 valence electrons. The van der Waals surface area contributed by atoms with Gasteiger partial charge in [-0.15, -0.1) is 24.0 Å². The van der Waals surface area contributed by atoms with E-state index in [1.807, 2.05) is 30.3 Å². The lowest BCUT2D eigenvalue weighted by atomic mass is 10.1. The second-order valence-electron chi connectivity index (χ2n) is 4.77. The van der Waals surface area contributed by atoms with Crippen LogP contribution in [0.15, 0.2) is 46.7 Å². The minimum atomic E-state index is 0.0729. The second-order valence-corrected chi connectivity index (χ2v) is 6.26. The monoisotopic (exact) mass is 305 g/mol. The van der Waals surface area contributed by atoms with Gasteiger partial charge in [-0.25, -0.2) is 0 Å². The number of amides is 1. The molecule has 4 heteroatoms. The number of carbonyl (C=O) groups excluding carboxylic acids is 1. The molecule has 1 heterocycles. The molecule has 2 aromatic rings. The number of carbonyl (C=O) groups is 1. The average Bonchev–Trinajstić information content (AvgIpc) is 2.95. The predicted octanol–water partition coefficient (Wildman–Crippen LogP) is 4.24. The van der Waals surface area contributed by atoms with Gasteiger partial charge in [-0.3, -0.25) is 4.79 Å². The van der Waals surface area contributed by atoms with E-state index in [-0.39, 0.29) is 11.9 Å². The molecule has 0 radical (unpaired) electrons. The summed E-state index contributed by atoms with van der Waals surface area (Å²) in [5.74, 6) is 0.0729. The molecular formula is C16H19NOS2. The van der Waals surface area contributed by atoms with Gasteiger partial charge in [0, 0.05) is 9.77 Å². The molecule has 1 N–H and O–H groups in total. The standard InChI is InChI=1S/C16H19NOS2/c1-2-4-14(15-5-3-10-20-15)17-16(18)11-12-6-8-13(19)9-7-12/h3,5-10,14,19H,2,4,11H2,1H3,(H,17,18). The van der Waals surface area contributed by atoms with Gasteiger partial charge in [-0.2, -0.15) is 0 Å². The van der Waals surface area contributed by atoms with Crippen molar-refractivity contribution in [2.45, 2.75) is 37.1 Å². The van der Waals surface area contributed by atoms with E-state index in [1.165, 1.54) is 4.88 Å². The van der Waals surface area contributed by atoms with Gasteiger partial charge in [0.1, 0.15) is 0 Å². The van der Waals surface area contributed by atoms with Crippen molar-refractivity contribution < 1.29 is 4.79 Å². The lowest BCUT2D eigenvalue weighted by Gasteiger charge is -2.16. The summed E-state index contributed by atoms with van der Waals surface area (Å²) in [5.41, 5.74) is 1.02. The summed E-state index contributed by atoms with van der Waals surface area (Å²) in [5, 5.41) is 5.19. The van der Waals surface area contributed by atoms with Crippen LogP contribution in [0.4, 0.5) is 0 Å². The van der Waals surface area contributed by atoms with E-state index >= 15 is 0 Å². The Bertz CT molecular complexity index is 534.